The predicted octanol–water partition coefficient (Wildman–Crippen LogP) is 4.50. The zero-order valence-electron chi connectivity index (χ0n) is 17.2. The van der Waals surface area contributed by atoms with E-state index in [0.717, 1.165) is 61.3 Å². The van der Waals surface area contributed by atoms with E-state index in [9.17, 15) is 28.1 Å². The Kier molecular flexibility index (Phi) is 7.49. The molecule has 0 atom stereocenters. The Morgan fingerprint density at radius 2 is 1.88 bits per heavy atom. The van der Waals surface area contributed by atoms with Crippen LogP contribution in [0.2, 0.25) is 0 Å². The number of amides is 1. The van der Waals surface area contributed by atoms with Crippen molar-refractivity contribution in [1.82, 2.24) is 5.32 Å². The monoisotopic (exact) mass is 469 g/mol. The summed E-state index contributed by atoms with van der Waals surface area (Å²) in [6.45, 7) is 1.52. The summed E-state index contributed by atoms with van der Waals surface area (Å²) < 4.78 is 43.6. The van der Waals surface area contributed by atoms with Crippen molar-refractivity contribution >= 4 is 29.0 Å². The Morgan fingerprint density at radius 3 is 2.44 bits per heavy atom. The molecule has 2 aromatic carbocycles. The van der Waals surface area contributed by atoms with Gasteiger partial charge in [-0.05, 0) is 49.2 Å². The first kappa shape index (κ1) is 23.7. The number of hydrogen-bond donors (Lipinski definition) is 1. The molecule has 0 spiro atoms. The van der Waals surface area contributed by atoms with Crippen LogP contribution in [0.25, 0.3) is 0 Å². The first-order valence-corrected chi connectivity index (χ1v) is 10.8. The third kappa shape index (κ3) is 6.06. The highest BCUT2D eigenvalue weighted by molar-refractivity contribution is 8.00. The van der Waals surface area contributed by atoms with E-state index in [4.69, 9.17) is 4.74 Å². The van der Waals surface area contributed by atoms with Crippen LogP contribution in [0.15, 0.2) is 47.4 Å². The van der Waals surface area contributed by atoms with Gasteiger partial charge >= 0.3 is 6.18 Å². The highest BCUT2D eigenvalue weighted by Gasteiger charge is 2.33. The Balaban J connectivity index is 1.51. The zero-order chi connectivity index (χ0) is 23.3. The fraction of sp³-hybridized carbons (Fsp3) is 0.381. The van der Waals surface area contributed by atoms with Crippen molar-refractivity contribution in [2.24, 2.45) is 0 Å². The van der Waals surface area contributed by atoms with E-state index in [1.165, 1.54) is 0 Å². The molecule has 0 bridgehead atoms. The largest absolute Gasteiger partial charge is 0.497 e. The number of thioether (sulfide) groups is 1. The molecule has 1 fully saturated rings. The molecule has 3 rings (SSSR count). The molecule has 0 aliphatic carbocycles. The van der Waals surface area contributed by atoms with Crippen LogP contribution in [-0.2, 0) is 11.0 Å². The number of halogens is 3. The van der Waals surface area contributed by atoms with E-state index < -0.39 is 22.4 Å². The van der Waals surface area contributed by atoms with Crippen molar-refractivity contribution in [3.63, 3.8) is 0 Å². The lowest BCUT2D eigenvalue weighted by Gasteiger charge is -2.34. The second-order valence-electron chi connectivity index (χ2n) is 7.25. The summed E-state index contributed by atoms with van der Waals surface area (Å²) in [4.78, 5) is 24.8. The molecule has 32 heavy (non-hydrogen) atoms. The molecule has 0 unspecified atom stereocenters. The van der Waals surface area contributed by atoms with Crippen LogP contribution in [-0.4, -0.2) is 42.8 Å². The van der Waals surface area contributed by atoms with Gasteiger partial charge < -0.3 is 15.0 Å². The summed E-state index contributed by atoms with van der Waals surface area (Å²) in [7, 11) is 1.61. The van der Waals surface area contributed by atoms with Crippen LogP contribution in [0.3, 0.4) is 0 Å². The minimum Gasteiger partial charge on any atom is -0.497 e. The van der Waals surface area contributed by atoms with Gasteiger partial charge in [-0.15, -0.1) is 11.8 Å². The first-order valence-electron chi connectivity index (χ1n) is 9.84. The van der Waals surface area contributed by atoms with Crippen molar-refractivity contribution in [2.45, 2.75) is 30.0 Å². The van der Waals surface area contributed by atoms with Gasteiger partial charge in [0.1, 0.15) is 5.75 Å². The highest BCUT2D eigenvalue weighted by Crippen LogP contribution is 2.36. The summed E-state index contributed by atoms with van der Waals surface area (Å²) in [6.07, 6.45) is -3.20. The van der Waals surface area contributed by atoms with E-state index in [0.29, 0.717) is 6.07 Å². The number of nitro benzene ring substituents is 1. The Morgan fingerprint density at radius 1 is 1.22 bits per heavy atom. The number of alkyl halides is 3. The van der Waals surface area contributed by atoms with Gasteiger partial charge in [-0.1, -0.05) is 0 Å². The first-order chi connectivity index (χ1) is 15.2. The lowest BCUT2D eigenvalue weighted by molar-refractivity contribution is -0.388. The maximum Gasteiger partial charge on any atom is 0.416 e. The molecule has 1 saturated heterocycles. The number of ether oxygens (including phenoxy) is 1. The maximum absolute atomic E-state index is 12.8. The number of methoxy groups -OCH3 is 1. The van der Waals surface area contributed by atoms with Crippen LogP contribution in [0.5, 0.6) is 5.75 Å². The molecule has 2 aromatic rings. The van der Waals surface area contributed by atoms with E-state index in [2.05, 4.69) is 10.2 Å². The molecule has 1 heterocycles. The van der Waals surface area contributed by atoms with Gasteiger partial charge in [0.2, 0.25) is 5.91 Å². The standard InChI is InChI=1S/C21H22F3N3O4S/c1-31-17-5-3-16(4-6-17)26-10-8-15(9-11-26)25-20(28)13-32-19-7-2-14(21(22,23)24)12-18(19)27(29)30/h2-7,12,15H,8-11,13H2,1H3,(H,25,28). The number of benzene rings is 2. The summed E-state index contributed by atoms with van der Waals surface area (Å²) >= 11 is 0.849. The molecule has 172 valence electrons. The van der Waals surface area contributed by atoms with Crippen molar-refractivity contribution in [3.8, 4) is 5.75 Å². The summed E-state index contributed by atoms with van der Waals surface area (Å²) in [5.74, 6) is 0.346. The molecule has 1 N–H and O–H groups in total. The molecule has 0 radical (unpaired) electrons. The molecular weight excluding hydrogens is 447 g/mol. The molecule has 0 aromatic heterocycles. The minimum absolute atomic E-state index is 0.0208. The van der Waals surface area contributed by atoms with Crippen LogP contribution in [0.4, 0.5) is 24.5 Å². The molecule has 7 nitrogen and oxygen atoms in total. The summed E-state index contributed by atoms with van der Waals surface area (Å²) in [5.41, 5.74) is -0.687. The lowest BCUT2D eigenvalue weighted by atomic mass is 10.0. The van der Waals surface area contributed by atoms with E-state index >= 15 is 0 Å². The molecule has 0 saturated carbocycles. The van der Waals surface area contributed by atoms with Gasteiger partial charge in [-0.2, -0.15) is 13.2 Å². The fourth-order valence-corrected chi connectivity index (χ4v) is 4.26. The lowest BCUT2D eigenvalue weighted by Crippen LogP contribution is -2.45. The van der Waals surface area contributed by atoms with Gasteiger partial charge in [-0.25, -0.2) is 0 Å². The smallest absolute Gasteiger partial charge is 0.416 e. The average Bonchev–Trinajstić information content (AvgIpc) is 2.77. The molecular formula is C21H22F3N3O4S. The second kappa shape index (κ2) is 10.1. The van der Waals surface area contributed by atoms with E-state index in [1.807, 2.05) is 24.3 Å². The fourth-order valence-electron chi connectivity index (χ4n) is 3.45. The number of nitrogens with zero attached hydrogens (tertiary/aromatic N) is 2. The van der Waals surface area contributed by atoms with Gasteiger partial charge in [0.15, 0.2) is 0 Å². The average molecular weight is 469 g/mol. The molecule has 1 aliphatic heterocycles. The maximum atomic E-state index is 12.8. The van der Waals surface area contributed by atoms with Crippen LogP contribution in [0.1, 0.15) is 18.4 Å². The third-order valence-electron chi connectivity index (χ3n) is 5.14. The Bertz CT molecular complexity index is 962. The number of rotatable bonds is 7. The number of carbonyl (C=O) groups is 1. The zero-order valence-corrected chi connectivity index (χ0v) is 18.0. The van der Waals surface area contributed by atoms with Gasteiger partial charge in [0.05, 0.1) is 28.2 Å². The third-order valence-corrected chi connectivity index (χ3v) is 6.20. The second-order valence-corrected chi connectivity index (χ2v) is 8.27. The van der Waals surface area contributed by atoms with Gasteiger partial charge in [0, 0.05) is 30.9 Å². The van der Waals surface area contributed by atoms with E-state index in [1.54, 1.807) is 7.11 Å². The van der Waals surface area contributed by atoms with Crippen molar-refractivity contribution in [3.05, 3.63) is 58.1 Å². The normalized spacial score (nSPS) is 14.8. The molecule has 1 aliphatic rings. The predicted molar refractivity (Wildman–Crippen MR) is 115 cm³/mol. The Hall–Kier alpha value is -2.95. The van der Waals surface area contributed by atoms with Crippen molar-refractivity contribution in [2.75, 3.05) is 30.9 Å². The van der Waals surface area contributed by atoms with E-state index in [-0.39, 0.29) is 22.6 Å². The SMILES string of the molecule is COc1ccc(N2CCC(NC(=O)CSc3ccc(C(F)(F)F)cc3[N+](=O)[O-])CC2)cc1. The minimum atomic E-state index is -4.67. The Labute approximate surface area is 187 Å². The highest BCUT2D eigenvalue weighted by atomic mass is 32.2. The summed E-state index contributed by atoms with van der Waals surface area (Å²) in [5, 5.41) is 14.1. The van der Waals surface area contributed by atoms with Crippen molar-refractivity contribution < 1.29 is 27.6 Å². The molecule has 1 amide bonds. The number of nitro groups is 1. The molecule has 11 heteroatoms. The van der Waals surface area contributed by atoms with Crippen molar-refractivity contribution in [1.29, 1.82) is 0 Å². The van der Waals surface area contributed by atoms with Crippen LogP contribution in [0, 0.1) is 10.1 Å². The van der Waals surface area contributed by atoms with Gasteiger partial charge in [-0.3, -0.25) is 14.9 Å². The number of hydrogen-bond acceptors (Lipinski definition) is 6. The number of anilines is 1. The number of piperidine rings is 1. The van der Waals surface area contributed by atoms with Crippen LogP contribution < -0.4 is 15.0 Å². The van der Waals surface area contributed by atoms with Gasteiger partial charge in [0.25, 0.3) is 5.69 Å². The topological polar surface area (TPSA) is 84.7 Å². The number of nitrogens with one attached hydrogen (secondary N) is 1. The van der Waals surface area contributed by atoms with Crippen LogP contribution >= 0.6 is 11.8 Å². The quantitative estimate of drug-likeness (QED) is 0.365. The number of carbonyl (C=O) groups excluding carboxylic acids is 1. The summed E-state index contributed by atoms with van der Waals surface area (Å²) in [6, 6.07) is 10.0.